The first kappa shape index (κ1) is 27.9. The largest absolute Gasteiger partial charge is 0.462 e. The SMILES string of the molecule is CCOC(=O)c1ccc(NC(=O)COC(=O)c2ccccc2C(=O)O[C@@H]2C[C@@H](C)CC[C@H]2C(C)C)cc1. The van der Waals surface area contributed by atoms with Crippen LogP contribution < -0.4 is 5.32 Å². The van der Waals surface area contributed by atoms with Crippen molar-refractivity contribution in [3.8, 4) is 0 Å². The second kappa shape index (κ2) is 13.0. The Balaban J connectivity index is 1.59. The highest BCUT2D eigenvalue weighted by atomic mass is 16.5. The Labute approximate surface area is 217 Å². The van der Waals surface area contributed by atoms with E-state index in [0.717, 1.165) is 19.3 Å². The number of hydrogen-bond acceptors (Lipinski definition) is 7. The van der Waals surface area contributed by atoms with E-state index in [-0.39, 0.29) is 29.8 Å². The first-order valence-electron chi connectivity index (χ1n) is 12.7. The first-order chi connectivity index (χ1) is 17.7. The van der Waals surface area contributed by atoms with Crippen LogP contribution in [0.5, 0.6) is 0 Å². The number of ether oxygens (including phenoxy) is 3. The number of benzene rings is 2. The average molecular weight is 510 g/mol. The van der Waals surface area contributed by atoms with Gasteiger partial charge in [-0.15, -0.1) is 0 Å². The molecule has 8 nitrogen and oxygen atoms in total. The van der Waals surface area contributed by atoms with E-state index in [4.69, 9.17) is 14.2 Å². The molecule has 0 bridgehead atoms. The summed E-state index contributed by atoms with van der Waals surface area (Å²) in [6.45, 7) is 7.86. The van der Waals surface area contributed by atoms with Crippen LogP contribution in [0.15, 0.2) is 48.5 Å². The van der Waals surface area contributed by atoms with Gasteiger partial charge in [0, 0.05) is 5.69 Å². The molecule has 1 fully saturated rings. The van der Waals surface area contributed by atoms with Crippen LogP contribution >= 0.6 is 0 Å². The minimum Gasteiger partial charge on any atom is -0.462 e. The molecule has 0 saturated heterocycles. The Kier molecular flexibility index (Phi) is 9.83. The van der Waals surface area contributed by atoms with Crippen molar-refractivity contribution in [2.75, 3.05) is 18.5 Å². The molecule has 0 aliphatic heterocycles. The summed E-state index contributed by atoms with van der Waals surface area (Å²) < 4.78 is 16.0. The van der Waals surface area contributed by atoms with Crippen molar-refractivity contribution >= 4 is 29.5 Å². The minimum atomic E-state index is -0.794. The molecule has 2 aromatic rings. The van der Waals surface area contributed by atoms with Crippen molar-refractivity contribution in [3.63, 3.8) is 0 Å². The van der Waals surface area contributed by atoms with Gasteiger partial charge in [-0.05, 0) is 73.9 Å². The summed E-state index contributed by atoms with van der Waals surface area (Å²) in [5, 5.41) is 2.60. The van der Waals surface area contributed by atoms with Crippen molar-refractivity contribution in [1.82, 2.24) is 0 Å². The fraction of sp³-hybridized carbons (Fsp3) is 0.448. The molecule has 3 rings (SSSR count). The normalized spacial score (nSPS) is 19.1. The number of rotatable bonds is 9. The first-order valence-corrected chi connectivity index (χ1v) is 12.7. The number of hydrogen-bond donors (Lipinski definition) is 1. The zero-order valence-electron chi connectivity index (χ0n) is 21.8. The molecule has 0 radical (unpaired) electrons. The molecule has 2 aromatic carbocycles. The van der Waals surface area contributed by atoms with E-state index >= 15 is 0 Å². The molecule has 1 amide bonds. The third-order valence-electron chi connectivity index (χ3n) is 6.60. The predicted octanol–water partition coefficient (Wildman–Crippen LogP) is 5.28. The Morgan fingerprint density at radius 3 is 2.16 bits per heavy atom. The minimum absolute atomic E-state index is 0.0454. The molecule has 0 heterocycles. The fourth-order valence-corrected chi connectivity index (χ4v) is 4.60. The molecular formula is C29H35NO7. The Hall–Kier alpha value is -3.68. The maximum absolute atomic E-state index is 13.1. The number of nitrogens with one attached hydrogen (secondary N) is 1. The zero-order chi connectivity index (χ0) is 26.9. The molecule has 0 spiro atoms. The van der Waals surface area contributed by atoms with Crippen LogP contribution in [0.25, 0.3) is 0 Å². The van der Waals surface area contributed by atoms with E-state index < -0.39 is 30.4 Å². The van der Waals surface area contributed by atoms with Gasteiger partial charge in [-0.2, -0.15) is 0 Å². The summed E-state index contributed by atoms with van der Waals surface area (Å²) >= 11 is 0. The predicted molar refractivity (Wildman–Crippen MR) is 138 cm³/mol. The van der Waals surface area contributed by atoms with Crippen LogP contribution in [0.2, 0.25) is 0 Å². The van der Waals surface area contributed by atoms with Crippen LogP contribution in [0.4, 0.5) is 5.69 Å². The third kappa shape index (κ3) is 7.65. The molecule has 37 heavy (non-hydrogen) atoms. The van der Waals surface area contributed by atoms with Crippen LogP contribution in [0.1, 0.15) is 78.0 Å². The van der Waals surface area contributed by atoms with Crippen molar-refractivity contribution in [1.29, 1.82) is 0 Å². The summed E-state index contributed by atoms with van der Waals surface area (Å²) in [6, 6.07) is 12.4. The van der Waals surface area contributed by atoms with Crippen molar-refractivity contribution < 1.29 is 33.4 Å². The average Bonchev–Trinajstić information content (AvgIpc) is 2.87. The highest BCUT2D eigenvalue weighted by Gasteiger charge is 2.34. The van der Waals surface area contributed by atoms with E-state index in [1.165, 1.54) is 24.3 Å². The standard InChI is InChI=1S/C29H35NO7/c1-5-35-27(32)20-11-13-21(14-12-20)30-26(31)17-36-28(33)23-8-6-7-9-24(23)29(34)37-25-16-19(4)10-15-22(25)18(2)3/h6-9,11-14,18-19,22,25H,5,10,15-17H2,1-4H3,(H,30,31)/t19-,22-,25+/m0/s1. The highest BCUT2D eigenvalue weighted by molar-refractivity contribution is 6.04. The van der Waals surface area contributed by atoms with Gasteiger partial charge in [0.2, 0.25) is 0 Å². The van der Waals surface area contributed by atoms with Gasteiger partial charge in [0.25, 0.3) is 5.91 Å². The number of amides is 1. The van der Waals surface area contributed by atoms with Crippen molar-refractivity contribution in [2.45, 2.75) is 53.1 Å². The Morgan fingerprint density at radius 1 is 0.892 bits per heavy atom. The fourth-order valence-electron chi connectivity index (χ4n) is 4.60. The van der Waals surface area contributed by atoms with Crippen LogP contribution in [-0.4, -0.2) is 43.1 Å². The molecule has 198 valence electrons. The van der Waals surface area contributed by atoms with Gasteiger partial charge >= 0.3 is 17.9 Å². The smallest absolute Gasteiger partial charge is 0.339 e. The van der Waals surface area contributed by atoms with Gasteiger partial charge in [-0.25, -0.2) is 14.4 Å². The lowest BCUT2D eigenvalue weighted by Gasteiger charge is -2.36. The Morgan fingerprint density at radius 2 is 1.54 bits per heavy atom. The molecular weight excluding hydrogens is 474 g/mol. The number of anilines is 1. The van der Waals surface area contributed by atoms with E-state index in [0.29, 0.717) is 23.1 Å². The van der Waals surface area contributed by atoms with Crippen LogP contribution in [-0.2, 0) is 19.0 Å². The molecule has 0 unspecified atom stereocenters. The number of carbonyl (C=O) groups is 4. The topological polar surface area (TPSA) is 108 Å². The van der Waals surface area contributed by atoms with Crippen molar-refractivity contribution in [3.05, 3.63) is 65.2 Å². The van der Waals surface area contributed by atoms with Gasteiger partial charge in [0.15, 0.2) is 6.61 Å². The third-order valence-corrected chi connectivity index (χ3v) is 6.60. The second-order valence-corrected chi connectivity index (χ2v) is 9.74. The van der Waals surface area contributed by atoms with Gasteiger partial charge in [-0.1, -0.05) is 39.3 Å². The van der Waals surface area contributed by atoms with E-state index in [2.05, 4.69) is 26.1 Å². The molecule has 8 heteroatoms. The summed E-state index contributed by atoms with van der Waals surface area (Å²) in [7, 11) is 0. The van der Waals surface area contributed by atoms with E-state index in [9.17, 15) is 19.2 Å². The molecule has 1 aliphatic rings. The lowest BCUT2D eigenvalue weighted by Crippen LogP contribution is -2.36. The molecule has 1 saturated carbocycles. The highest BCUT2D eigenvalue weighted by Crippen LogP contribution is 2.35. The van der Waals surface area contributed by atoms with E-state index in [1.807, 2.05) is 0 Å². The molecule has 1 N–H and O–H groups in total. The Bertz CT molecular complexity index is 1110. The van der Waals surface area contributed by atoms with Gasteiger partial charge in [0.05, 0.1) is 23.3 Å². The van der Waals surface area contributed by atoms with Gasteiger partial charge in [-0.3, -0.25) is 4.79 Å². The number of esters is 3. The summed E-state index contributed by atoms with van der Waals surface area (Å²) in [5.41, 5.74) is 0.948. The van der Waals surface area contributed by atoms with E-state index in [1.54, 1.807) is 31.2 Å². The lowest BCUT2D eigenvalue weighted by molar-refractivity contribution is -0.119. The monoisotopic (exact) mass is 509 g/mol. The van der Waals surface area contributed by atoms with Gasteiger partial charge in [0.1, 0.15) is 6.10 Å². The summed E-state index contributed by atoms with van der Waals surface area (Å²) in [6.07, 6.45) is 2.70. The quantitative estimate of drug-likeness (QED) is 0.362. The summed E-state index contributed by atoms with van der Waals surface area (Å²) in [4.78, 5) is 49.9. The number of carbonyl (C=O) groups excluding carboxylic acids is 4. The second-order valence-electron chi connectivity index (χ2n) is 9.74. The van der Waals surface area contributed by atoms with Crippen molar-refractivity contribution in [2.24, 2.45) is 17.8 Å². The maximum atomic E-state index is 13.1. The maximum Gasteiger partial charge on any atom is 0.339 e. The van der Waals surface area contributed by atoms with Gasteiger partial charge < -0.3 is 19.5 Å². The lowest BCUT2D eigenvalue weighted by atomic mass is 9.75. The summed E-state index contributed by atoms with van der Waals surface area (Å²) in [5.74, 6) is -1.26. The zero-order valence-corrected chi connectivity index (χ0v) is 21.8. The molecule has 3 atom stereocenters. The molecule has 1 aliphatic carbocycles. The van der Waals surface area contributed by atoms with Crippen LogP contribution in [0, 0.1) is 17.8 Å². The molecule has 0 aromatic heterocycles. The van der Waals surface area contributed by atoms with Crippen LogP contribution in [0.3, 0.4) is 0 Å².